The minimum absolute atomic E-state index is 0.465. The summed E-state index contributed by atoms with van der Waals surface area (Å²) in [7, 11) is 0. The minimum atomic E-state index is -0.465. The van der Waals surface area contributed by atoms with Crippen molar-refractivity contribution in [2.75, 3.05) is 0 Å². The first-order chi connectivity index (χ1) is 6.15. The molecule has 4 heteroatoms. The van der Waals surface area contributed by atoms with Gasteiger partial charge < -0.3 is 5.11 Å². The van der Waals surface area contributed by atoms with Crippen LogP contribution in [0.15, 0.2) is 13.6 Å². The fourth-order valence-corrected chi connectivity index (χ4v) is 3.91. The van der Waals surface area contributed by atoms with Gasteiger partial charge in [-0.1, -0.05) is 0 Å². The summed E-state index contributed by atoms with van der Waals surface area (Å²) in [4.78, 5) is 0. The average molecular weight is 324 g/mol. The van der Waals surface area contributed by atoms with Crippen LogP contribution < -0.4 is 0 Å². The third kappa shape index (κ3) is 3.10. The van der Waals surface area contributed by atoms with Gasteiger partial charge in [-0.25, -0.2) is 0 Å². The van der Waals surface area contributed by atoms with Crippen molar-refractivity contribution >= 4 is 43.2 Å². The fourth-order valence-electron chi connectivity index (χ4n) is 0.956. The van der Waals surface area contributed by atoms with Crippen molar-refractivity contribution in [3.05, 3.63) is 19.2 Å². The molecule has 13 heavy (non-hydrogen) atoms. The molecule has 0 saturated carbocycles. The van der Waals surface area contributed by atoms with Crippen LogP contribution >= 0.6 is 43.2 Å². The molecule has 0 aliphatic rings. The van der Waals surface area contributed by atoms with Crippen LogP contribution in [0, 0.1) is 12.3 Å². The standard InChI is InChI=1S/C9H8Br2OS/c1-2-3-4-7(12)6-5-8(10)13-9(6)11/h1,5,7,12H,3-4H2. The van der Waals surface area contributed by atoms with Gasteiger partial charge in [-0.15, -0.1) is 23.7 Å². The average Bonchev–Trinajstić information content (AvgIpc) is 2.41. The molecule has 1 aromatic rings. The number of halogens is 2. The van der Waals surface area contributed by atoms with Gasteiger partial charge >= 0.3 is 0 Å². The van der Waals surface area contributed by atoms with Crippen LogP contribution in [0.3, 0.4) is 0 Å². The number of thiophene rings is 1. The molecule has 1 unspecified atom stereocenters. The molecule has 1 aromatic heterocycles. The molecule has 0 radical (unpaired) electrons. The van der Waals surface area contributed by atoms with E-state index >= 15 is 0 Å². The van der Waals surface area contributed by atoms with Crippen LogP contribution in [0.25, 0.3) is 0 Å². The maximum Gasteiger partial charge on any atom is 0.0818 e. The Morgan fingerprint density at radius 3 is 2.77 bits per heavy atom. The van der Waals surface area contributed by atoms with E-state index in [0.29, 0.717) is 12.8 Å². The number of aliphatic hydroxyl groups excluding tert-OH is 1. The third-order valence-electron chi connectivity index (χ3n) is 1.60. The molecular weight excluding hydrogens is 316 g/mol. The summed E-state index contributed by atoms with van der Waals surface area (Å²) in [6.45, 7) is 0. The molecule has 0 saturated heterocycles. The summed E-state index contributed by atoms with van der Waals surface area (Å²) in [5, 5.41) is 9.71. The Bertz CT molecular complexity index is 327. The zero-order valence-corrected chi connectivity index (χ0v) is 10.7. The van der Waals surface area contributed by atoms with Gasteiger partial charge in [0, 0.05) is 12.0 Å². The number of terminal acetylenes is 1. The Kier molecular flexibility index (Phi) is 4.47. The second-order valence-electron chi connectivity index (χ2n) is 2.54. The molecule has 1 atom stereocenters. The van der Waals surface area contributed by atoms with Crippen molar-refractivity contribution in [3.63, 3.8) is 0 Å². The first-order valence-electron chi connectivity index (χ1n) is 3.71. The summed E-state index contributed by atoms with van der Waals surface area (Å²) in [5.74, 6) is 2.51. The van der Waals surface area contributed by atoms with Crippen molar-refractivity contribution in [1.82, 2.24) is 0 Å². The van der Waals surface area contributed by atoms with Gasteiger partial charge in [0.1, 0.15) is 0 Å². The highest BCUT2D eigenvalue weighted by molar-refractivity contribution is 9.12. The first kappa shape index (κ1) is 11.3. The van der Waals surface area contributed by atoms with Crippen molar-refractivity contribution in [3.8, 4) is 12.3 Å². The summed E-state index contributed by atoms with van der Waals surface area (Å²) in [6.07, 6.45) is 5.86. The lowest BCUT2D eigenvalue weighted by atomic mass is 10.1. The Labute approximate surface area is 98.4 Å². The largest absolute Gasteiger partial charge is 0.388 e. The van der Waals surface area contributed by atoms with Gasteiger partial charge in [0.25, 0.3) is 0 Å². The van der Waals surface area contributed by atoms with E-state index in [1.807, 2.05) is 6.07 Å². The third-order valence-corrected chi connectivity index (χ3v) is 3.99. The second-order valence-corrected chi connectivity index (χ2v) is 6.29. The van der Waals surface area contributed by atoms with Crippen molar-refractivity contribution in [2.24, 2.45) is 0 Å². The molecule has 1 heterocycles. The summed E-state index contributed by atoms with van der Waals surface area (Å²) in [5.41, 5.74) is 0.909. The molecule has 0 bridgehead atoms. The predicted molar refractivity (Wildman–Crippen MR) is 62.7 cm³/mol. The van der Waals surface area contributed by atoms with Crippen molar-refractivity contribution in [1.29, 1.82) is 0 Å². The first-order valence-corrected chi connectivity index (χ1v) is 6.11. The highest BCUT2D eigenvalue weighted by atomic mass is 79.9. The number of aliphatic hydroxyl groups is 1. The van der Waals surface area contributed by atoms with E-state index in [9.17, 15) is 5.11 Å². The van der Waals surface area contributed by atoms with Gasteiger partial charge in [0.2, 0.25) is 0 Å². The summed E-state index contributed by atoms with van der Waals surface area (Å²) >= 11 is 8.30. The van der Waals surface area contributed by atoms with E-state index < -0.39 is 6.10 Å². The zero-order valence-electron chi connectivity index (χ0n) is 6.76. The number of hydrogen-bond acceptors (Lipinski definition) is 2. The van der Waals surface area contributed by atoms with E-state index in [0.717, 1.165) is 13.1 Å². The number of hydrogen-bond donors (Lipinski definition) is 1. The topological polar surface area (TPSA) is 20.2 Å². The highest BCUT2D eigenvalue weighted by Gasteiger charge is 2.13. The molecule has 1 nitrogen and oxygen atoms in total. The Morgan fingerprint density at radius 2 is 2.31 bits per heavy atom. The summed E-state index contributed by atoms with van der Waals surface area (Å²) < 4.78 is 1.97. The van der Waals surface area contributed by atoms with Crippen LogP contribution in [0.2, 0.25) is 0 Å². The second kappa shape index (κ2) is 5.16. The van der Waals surface area contributed by atoms with Gasteiger partial charge in [-0.2, -0.15) is 0 Å². The Morgan fingerprint density at radius 1 is 1.62 bits per heavy atom. The maximum absolute atomic E-state index is 9.71. The van der Waals surface area contributed by atoms with E-state index in [1.165, 1.54) is 0 Å². The Balaban J connectivity index is 2.71. The lowest BCUT2D eigenvalue weighted by Crippen LogP contribution is -1.95. The lowest BCUT2D eigenvalue weighted by Gasteiger charge is -2.06. The quantitative estimate of drug-likeness (QED) is 0.840. The van der Waals surface area contributed by atoms with Crippen LogP contribution in [-0.2, 0) is 0 Å². The zero-order chi connectivity index (χ0) is 9.84. The van der Waals surface area contributed by atoms with Gasteiger partial charge in [0.15, 0.2) is 0 Å². The van der Waals surface area contributed by atoms with Crippen LogP contribution in [-0.4, -0.2) is 5.11 Å². The van der Waals surface area contributed by atoms with Crippen LogP contribution in [0.1, 0.15) is 24.5 Å². The molecule has 70 valence electrons. The molecule has 0 spiro atoms. The van der Waals surface area contributed by atoms with Crippen LogP contribution in [0.4, 0.5) is 0 Å². The van der Waals surface area contributed by atoms with Crippen molar-refractivity contribution in [2.45, 2.75) is 18.9 Å². The minimum Gasteiger partial charge on any atom is -0.388 e. The SMILES string of the molecule is C#CCCC(O)c1cc(Br)sc1Br. The molecule has 0 amide bonds. The summed E-state index contributed by atoms with van der Waals surface area (Å²) in [6, 6.07) is 1.91. The normalized spacial score (nSPS) is 12.5. The molecule has 0 aliphatic carbocycles. The smallest absolute Gasteiger partial charge is 0.0818 e. The van der Waals surface area contributed by atoms with Gasteiger partial charge in [-0.05, 0) is 44.3 Å². The van der Waals surface area contributed by atoms with Crippen molar-refractivity contribution < 1.29 is 5.11 Å². The molecular formula is C9H8Br2OS. The molecule has 1 rings (SSSR count). The van der Waals surface area contributed by atoms with E-state index in [1.54, 1.807) is 11.3 Å². The fraction of sp³-hybridized carbons (Fsp3) is 0.333. The molecule has 0 fully saturated rings. The monoisotopic (exact) mass is 322 g/mol. The number of rotatable bonds is 3. The van der Waals surface area contributed by atoms with E-state index in [-0.39, 0.29) is 0 Å². The van der Waals surface area contributed by atoms with Gasteiger partial charge in [-0.3, -0.25) is 0 Å². The highest BCUT2D eigenvalue weighted by Crippen LogP contribution is 2.36. The van der Waals surface area contributed by atoms with E-state index in [2.05, 4.69) is 37.8 Å². The predicted octanol–water partition coefficient (Wildman–Crippen LogP) is 3.72. The Hall–Kier alpha value is 0.180. The molecule has 0 aliphatic heterocycles. The van der Waals surface area contributed by atoms with Gasteiger partial charge in [0.05, 0.1) is 13.7 Å². The maximum atomic E-state index is 9.71. The lowest BCUT2D eigenvalue weighted by molar-refractivity contribution is 0.169. The molecule has 1 N–H and O–H groups in total. The van der Waals surface area contributed by atoms with E-state index in [4.69, 9.17) is 6.42 Å². The van der Waals surface area contributed by atoms with Crippen LogP contribution in [0.5, 0.6) is 0 Å². The molecule has 0 aromatic carbocycles.